The number of rotatable bonds is 3. The fraction of sp³-hybridized carbons (Fsp3) is 0.474. The Kier molecular flexibility index (Phi) is 5.76. The number of nitrogens with one attached hydrogen (secondary N) is 1. The van der Waals surface area contributed by atoms with Gasteiger partial charge in [-0.05, 0) is 43.0 Å². The van der Waals surface area contributed by atoms with E-state index in [-0.39, 0.29) is 18.3 Å². The molecule has 0 radical (unpaired) electrons. The molecule has 1 amide bonds. The molecule has 0 aliphatic carbocycles. The fourth-order valence-corrected chi connectivity index (χ4v) is 3.86. The number of amides is 1. The summed E-state index contributed by atoms with van der Waals surface area (Å²) in [6, 6.07) is 10.5. The van der Waals surface area contributed by atoms with Crippen molar-refractivity contribution in [1.82, 2.24) is 20.0 Å². The van der Waals surface area contributed by atoms with Gasteiger partial charge in [0.1, 0.15) is 6.54 Å². The number of carbonyl (C=O) groups excluding carboxylic acids is 1. The summed E-state index contributed by atoms with van der Waals surface area (Å²) in [6.07, 6.45) is 5.12. The van der Waals surface area contributed by atoms with E-state index in [0.29, 0.717) is 12.5 Å². The van der Waals surface area contributed by atoms with E-state index in [1.54, 1.807) is 0 Å². The minimum absolute atomic E-state index is 0. The lowest BCUT2D eigenvalue weighted by atomic mass is 9.96. The van der Waals surface area contributed by atoms with Crippen LogP contribution in [0.25, 0.3) is 0 Å². The molecule has 1 atom stereocenters. The molecule has 1 fully saturated rings. The van der Waals surface area contributed by atoms with Crippen molar-refractivity contribution in [3.63, 3.8) is 0 Å². The Bertz CT molecular complexity index is 724. The summed E-state index contributed by atoms with van der Waals surface area (Å²) in [5.41, 5.74) is 3.83. The predicted molar refractivity (Wildman–Crippen MR) is 99.9 cm³/mol. The van der Waals surface area contributed by atoms with Crippen molar-refractivity contribution >= 4 is 18.3 Å². The van der Waals surface area contributed by atoms with Gasteiger partial charge in [0.2, 0.25) is 5.91 Å². The van der Waals surface area contributed by atoms with Crippen LogP contribution in [-0.4, -0.2) is 40.2 Å². The largest absolute Gasteiger partial charge is 0.336 e. The molecule has 1 saturated heterocycles. The minimum Gasteiger partial charge on any atom is -0.336 e. The first-order valence-electron chi connectivity index (χ1n) is 8.88. The molecule has 2 aliphatic rings. The number of halogens is 1. The molecule has 0 bridgehead atoms. The lowest BCUT2D eigenvalue weighted by Crippen LogP contribution is -2.38. The van der Waals surface area contributed by atoms with Gasteiger partial charge in [-0.25, -0.2) is 0 Å². The second kappa shape index (κ2) is 8.02. The number of piperidine rings is 1. The highest BCUT2D eigenvalue weighted by molar-refractivity contribution is 5.85. The van der Waals surface area contributed by atoms with Gasteiger partial charge in [0.05, 0.1) is 0 Å². The topological polar surface area (TPSA) is 50.2 Å². The van der Waals surface area contributed by atoms with Crippen LogP contribution in [-0.2, 0) is 24.3 Å². The summed E-state index contributed by atoms with van der Waals surface area (Å²) < 4.78 is 1.90. The smallest absolute Gasteiger partial charge is 0.244 e. The molecule has 2 aliphatic heterocycles. The number of fused-ring (bicyclic) bond motifs is 1. The zero-order valence-electron chi connectivity index (χ0n) is 14.4. The highest BCUT2D eigenvalue weighted by Crippen LogP contribution is 2.23. The van der Waals surface area contributed by atoms with Crippen molar-refractivity contribution in [3.8, 4) is 0 Å². The maximum atomic E-state index is 12.8. The SMILES string of the molecule is Cl.O=C(Cn1nccc1C1CCCNC1)N1CCc2ccccc2C1. The third kappa shape index (κ3) is 3.88. The van der Waals surface area contributed by atoms with Gasteiger partial charge < -0.3 is 10.2 Å². The molecule has 2 aromatic rings. The highest BCUT2D eigenvalue weighted by atomic mass is 35.5. The average Bonchev–Trinajstić information content (AvgIpc) is 3.10. The Morgan fingerprint density at radius 3 is 2.88 bits per heavy atom. The van der Waals surface area contributed by atoms with Crippen LogP contribution in [0.3, 0.4) is 0 Å². The Morgan fingerprint density at radius 2 is 2.08 bits per heavy atom. The minimum atomic E-state index is 0. The third-order valence-electron chi connectivity index (χ3n) is 5.23. The number of hydrogen-bond acceptors (Lipinski definition) is 3. The van der Waals surface area contributed by atoms with Gasteiger partial charge in [-0.2, -0.15) is 5.10 Å². The maximum absolute atomic E-state index is 12.8. The van der Waals surface area contributed by atoms with Crippen molar-refractivity contribution in [2.75, 3.05) is 19.6 Å². The zero-order valence-corrected chi connectivity index (χ0v) is 15.2. The molecule has 4 rings (SSSR count). The Morgan fingerprint density at radius 1 is 1.24 bits per heavy atom. The third-order valence-corrected chi connectivity index (χ3v) is 5.23. The fourth-order valence-electron chi connectivity index (χ4n) is 3.86. The number of hydrogen-bond donors (Lipinski definition) is 1. The van der Waals surface area contributed by atoms with Crippen LogP contribution >= 0.6 is 12.4 Å². The van der Waals surface area contributed by atoms with E-state index in [2.05, 4.69) is 40.7 Å². The first-order chi connectivity index (χ1) is 11.8. The van der Waals surface area contributed by atoms with E-state index in [4.69, 9.17) is 0 Å². The molecular formula is C19H25ClN4O. The lowest BCUT2D eigenvalue weighted by Gasteiger charge is -2.29. The highest BCUT2D eigenvalue weighted by Gasteiger charge is 2.23. The van der Waals surface area contributed by atoms with E-state index in [1.165, 1.54) is 29.7 Å². The molecule has 3 heterocycles. The van der Waals surface area contributed by atoms with Gasteiger partial charge in [0, 0.05) is 37.4 Å². The first kappa shape index (κ1) is 18.0. The average molecular weight is 361 g/mol. The van der Waals surface area contributed by atoms with Crippen LogP contribution in [0, 0.1) is 0 Å². The molecule has 25 heavy (non-hydrogen) atoms. The summed E-state index contributed by atoms with van der Waals surface area (Å²) in [5, 5.41) is 7.85. The van der Waals surface area contributed by atoms with E-state index < -0.39 is 0 Å². The van der Waals surface area contributed by atoms with Crippen LogP contribution in [0.15, 0.2) is 36.5 Å². The summed E-state index contributed by atoms with van der Waals surface area (Å²) in [6.45, 7) is 3.95. The number of nitrogens with zero attached hydrogens (tertiary/aromatic N) is 3. The molecule has 134 valence electrons. The Balaban J connectivity index is 0.00000182. The van der Waals surface area contributed by atoms with Crippen LogP contribution in [0.4, 0.5) is 0 Å². The molecule has 5 nitrogen and oxygen atoms in total. The molecular weight excluding hydrogens is 336 g/mol. The van der Waals surface area contributed by atoms with E-state index in [9.17, 15) is 4.79 Å². The quantitative estimate of drug-likeness (QED) is 0.914. The van der Waals surface area contributed by atoms with Crippen molar-refractivity contribution in [2.45, 2.75) is 38.3 Å². The maximum Gasteiger partial charge on any atom is 0.244 e. The molecule has 1 N–H and O–H groups in total. The summed E-state index contributed by atoms with van der Waals surface area (Å²) in [7, 11) is 0. The van der Waals surface area contributed by atoms with Crippen molar-refractivity contribution in [2.24, 2.45) is 0 Å². The molecule has 0 spiro atoms. The lowest BCUT2D eigenvalue weighted by molar-refractivity contribution is -0.133. The van der Waals surface area contributed by atoms with Gasteiger partial charge in [-0.15, -0.1) is 12.4 Å². The standard InChI is InChI=1S/C19H24N4O.ClH/c24-19(22-11-8-15-4-1-2-5-17(15)13-22)14-23-18(7-10-21-23)16-6-3-9-20-12-16;/h1-2,4-5,7,10,16,20H,3,6,8-9,11-14H2;1H. The van der Waals surface area contributed by atoms with Gasteiger partial charge in [-0.1, -0.05) is 24.3 Å². The predicted octanol–water partition coefficient (Wildman–Crippen LogP) is 2.36. The summed E-state index contributed by atoms with van der Waals surface area (Å²) in [4.78, 5) is 14.7. The molecule has 0 saturated carbocycles. The van der Waals surface area contributed by atoms with Gasteiger partial charge in [-0.3, -0.25) is 9.48 Å². The van der Waals surface area contributed by atoms with Crippen LogP contribution < -0.4 is 5.32 Å². The number of aromatic nitrogens is 2. The summed E-state index contributed by atoms with van der Waals surface area (Å²) in [5.74, 6) is 0.634. The van der Waals surface area contributed by atoms with Gasteiger partial charge in [0.25, 0.3) is 0 Å². The molecule has 1 unspecified atom stereocenters. The normalized spacial score (nSPS) is 19.8. The first-order valence-corrected chi connectivity index (χ1v) is 8.88. The van der Waals surface area contributed by atoms with Gasteiger partial charge >= 0.3 is 0 Å². The monoisotopic (exact) mass is 360 g/mol. The van der Waals surface area contributed by atoms with Crippen LogP contribution in [0.5, 0.6) is 0 Å². The van der Waals surface area contributed by atoms with Crippen LogP contribution in [0.2, 0.25) is 0 Å². The Labute approximate surface area is 154 Å². The van der Waals surface area contributed by atoms with Crippen molar-refractivity contribution in [1.29, 1.82) is 0 Å². The van der Waals surface area contributed by atoms with Crippen LogP contribution in [0.1, 0.15) is 35.6 Å². The summed E-state index contributed by atoms with van der Waals surface area (Å²) >= 11 is 0. The van der Waals surface area contributed by atoms with E-state index in [1.807, 2.05) is 15.8 Å². The van der Waals surface area contributed by atoms with Gasteiger partial charge in [0.15, 0.2) is 0 Å². The van der Waals surface area contributed by atoms with Crippen molar-refractivity contribution in [3.05, 3.63) is 53.3 Å². The number of carbonyl (C=O) groups is 1. The number of benzene rings is 1. The molecule has 1 aromatic carbocycles. The molecule has 6 heteroatoms. The van der Waals surface area contributed by atoms with E-state index >= 15 is 0 Å². The Hall–Kier alpha value is -1.85. The van der Waals surface area contributed by atoms with Crippen molar-refractivity contribution < 1.29 is 4.79 Å². The second-order valence-electron chi connectivity index (χ2n) is 6.79. The zero-order chi connectivity index (χ0) is 16.4. The second-order valence-corrected chi connectivity index (χ2v) is 6.79. The van der Waals surface area contributed by atoms with E-state index in [0.717, 1.165) is 32.6 Å². The molecule has 1 aromatic heterocycles.